The van der Waals surface area contributed by atoms with E-state index < -0.39 is 0 Å². The van der Waals surface area contributed by atoms with Gasteiger partial charge in [-0.3, -0.25) is 9.59 Å². The number of thioether (sulfide) groups is 1. The van der Waals surface area contributed by atoms with Crippen molar-refractivity contribution in [3.05, 3.63) is 16.0 Å². The highest BCUT2D eigenvalue weighted by Crippen LogP contribution is 2.38. The summed E-state index contributed by atoms with van der Waals surface area (Å²) in [5.74, 6) is -0.177. The number of thiophene rings is 1. The van der Waals surface area contributed by atoms with E-state index in [4.69, 9.17) is 4.74 Å². The van der Waals surface area contributed by atoms with Crippen molar-refractivity contribution in [1.82, 2.24) is 0 Å². The number of amides is 1. The minimum absolute atomic E-state index is 0.160. The zero-order chi connectivity index (χ0) is 15.2. The Balaban J connectivity index is 1.86. The summed E-state index contributed by atoms with van der Waals surface area (Å²) in [6.07, 6.45) is 2.99. The summed E-state index contributed by atoms with van der Waals surface area (Å²) in [6.45, 7) is 2.09. The van der Waals surface area contributed by atoms with E-state index in [1.54, 1.807) is 6.92 Å². The van der Waals surface area contributed by atoms with Crippen molar-refractivity contribution >= 4 is 40.0 Å². The number of ether oxygens (including phenoxy) is 1. The van der Waals surface area contributed by atoms with Crippen LogP contribution in [-0.2, 0) is 27.2 Å². The summed E-state index contributed by atoms with van der Waals surface area (Å²) >= 11 is 2.70. The highest BCUT2D eigenvalue weighted by molar-refractivity contribution is 8.00. The van der Waals surface area contributed by atoms with Crippen LogP contribution in [0.3, 0.4) is 0 Å². The number of hydrogen-bond donors (Lipinski definition) is 1. The standard InChI is InChI=1S/C14H16N2O3S2/c1-2-19-13(18)8-20-7-12(17)16-14-10(6-15)9-4-3-5-11(9)21-14/h2-5,7-8H2,1H3,(H,16,17). The molecule has 5 nitrogen and oxygen atoms in total. The van der Waals surface area contributed by atoms with Crippen molar-refractivity contribution in [3.63, 3.8) is 0 Å². The van der Waals surface area contributed by atoms with Crippen LogP contribution in [0.5, 0.6) is 0 Å². The Morgan fingerprint density at radius 2 is 2.24 bits per heavy atom. The first-order valence-electron chi connectivity index (χ1n) is 6.73. The van der Waals surface area contributed by atoms with Crippen LogP contribution >= 0.6 is 23.1 Å². The Labute approximate surface area is 131 Å². The summed E-state index contributed by atoms with van der Waals surface area (Å²) in [5, 5.41) is 12.7. The molecule has 2 rings (SSSR count). The molecule has 0 bridgehead atoms. The summed E-state index contributed by atoms with van der Waals surface area (Å²) < 4.78 is 4.79. The van der Waals surface area contributed by atoms with E-state index in [9.17, 15) is 14.9 Å². The summed E-state index contributed by atoms with van der Waals surface area (Å²) in [7, 11) is 0. The second-order valence-corrected chi connectivity index (χ2v) is 6.61. The van der Waals surface area contributed by atoms with Crippen molar-refractivity contribution in [1.29, 1.82) is 5.26 Å². The monoisotopic (exact) mass is 324 g/mol. The molecule has 1 aromatic heterocycles. The third-order valence-electron chi connectivity index (χ3n) is 3.04. The van der Waals surface area contributed by atoms with Crippen LogP contribution in [0.1, 0.15) is 29.3 Å². The fraction of sp³-hybridized carbons (Fsp3) is 0.500. The number of hydrogen-bond acceptors (Lipinski definition) is 6. The predicted octanol–water partition coefficient (Wildman–Crippen LogP) is 2.34. The highest BCUT2D eigenvalue weighted by Gasteiger charge is 2.23. The number of carbonyl (C=O) groups is 2. The van der Waals surface area contributed by atoms with Crippen LogP contribution < -0.4 is 5.32 Å². The first-order valence-corrected chi connectivity index (χ1v) is 8.70. The molecule has 1 aliphatic rings. The highest BCUT2D eigenvalue weighted by atomic mass is 32.2. The van der Waals surface area contributed by atoms with Gasteiger partial charge in [-0.25, -0.2) is 0 Å². The molecule has 112 valence electrons. The molecule has 1 aromatic rings. The third-order valence-corrected chi connectivity index (χ3v) is 5.16. The topological polar surface area (TPSA) is 79.2 Å². The second kappa shape index (κ2) is 7.48. The van der Waals surface area contributed by atoms with Crippen LogP contribution in [0.2, 0.25) is 0 Å². The zero-order valence-corrected chi connectivity index (χ0v) is 13.4. The molecule has 0 spiro atoms. The Morgan fingerprint density at radius 1 is 1.43 bits per heavy atom. The number of anilines is 1. The largest absolute Gasteiger partial charge is 0.465 e. The molecule has 0 radical (unpaired) electrons. The molecule has 1 N–H and O–H groups in total. The number of rotatable bonds is 6. The van der Waals surface area contributed by atoms with E-state index in [-0.39, 0.29) is 23.4 Å². The molecule has 21 heavy (non-hydrogen) atoms. The van der Waals surface area contributed by atoms with E-state index in [0.29, 0.717) is 17.2 Å². The van der Waals surface area contributed by atoms with E-state index in [2.05, 4.69) is 11.4 Å². The molecule has 1 amide bonds. The van der Waals surface area contributed by atoms with Gasteiger partial charge in [0.05, 0.1) is 23.7 Å². The lowest BCUT2D eigenvalue weighted by Gasteiger charge is -2.04. The Morgan fingerprint density at radius 3 is 2.95 bits per heavy atom. The van der Waals surface area contributed by atoms with E-state index in [1.165, 1.54) is 28.0 Å². The fourth-order valence-corrected chi connectivity index (χ4v) is 4.07. The molecular formula is C14H16N2O3S2. The lowest BCUT2D eigenvalue weighted by molar-refractivity contribution is -0.139. The number of carbonyl (C=O) groups excluding carboxylic acids is 2. The number of nitrogens with one attached hydrogen (secondary N) is 1. The van der Waals surface area contributed by atoms with Crippen LogP contribution in [-0.4, -0.2) is 30.0 Å². The van der Waals surface area contributed by atoms with Gasteiger partial charge in [-0.05, 0) is 31.7 Å². The molecule has 0 fully saturated rings. The normalized spacial score (nSPS) is 12.6. The van der Waals surface area contributed by atoms with Crippen molar-refractivity contribution in [2.24, 2.45) is 0 Å². The number of aryl methyl sites for hydroxylation is 1. The summed E-state index contributed by atoms with van der Waals surface area (Å²) in [4.78, 5) is 24.2. The van der Waals surface area contributed by atoms with Gasteiger partial charge in [0.25, 0.3) is 0 Å². The number of esters is 1. The molecule has 7 heteroatoms. The molecule has 0 atom stereocenters. The van der Waals surface area contributed by atoms with Crippen molar-refractivity contribution in [2.75, 3.05) is 23.4 Å². The van der Waals surface area contributed by atoms with Crippen molar-refractivity contribution in [3.8, 4) is 6.07 Å². The molecule has 1 heterocycles. The first-order chi connectivity index (χ1) is 10.2. The van der Waals surface area contributed by atoms with E-state index in [1.807, 2.05) is 0 Å². The average Bonchev–Trinajstić information content (AvgIpc) is 2.99. The molecule has 0 saturated heterocycles. The van der Waals surface area contributed by atoms with Gasteiger partial charge in [-0.2, -0.15) is 5.26 Å². The van der Waals surface area contributed by atoms with Crippen molar-refractivity contribution in [2.45, 2.75) is 26.2 Å². The lowest BCUT2D eigenvalue weighted by Crippen LogP contribution is -2.16. The lowest BCUT2D eigenvalue weighted by atomic mass is 10.1. The third kappa shape index (κ3) is 3.99. The van der Waals surface area contributed by atoms with Crippen LogP contribution in [0.4, 0.5) is 5.00 Å². The van der Waals surface area contributed by atoms with Crippen LogP contribution in [0.15, 0.2) is 0 Å². The Hall–Kier alpha value is -1.52. The molecule has 0 aromatic carbocycles. The van der Waals surface area contributed by atoms with Gasteiger partial charge < -0.3 is 10.1 Å². The van der Waals surface area contributed by atoms with Gasteiger partial charge in [0.1, 0.15) is 11.1 Å². The van der Waals surface area contributed by atoms with Crippen molar-refractivity contribution < 1.29 is 14.3 Å². The predicted molar refractivity (Wildman–Crippen MR) is 83.6 cm³/mol. The maximum Gasteiger partial charge on any atom is 0.315 e. The smallest absolute Gasteiger partial charge is 0.315 e. The van der Waals surface area contributed by atoms with Gasteiger partial charge >= 0.3 is 5.97 Å². The number of fused-ring (bicyclic) bond motifs is 1. The molecule has 0 aliphatic heterocycles. The van der Waals surface area contributed by atoms with E-state index >= 15 is 0 Å². The van der Waals surface area contributed by atoms with Gasteiger partial charge in [-0.1, -0.05) is 0 Å². The summed E-state index contributed by atoms with van der Waals surface area (Å²) in [5.41, 5.74) is 1.70. The molecule has 0 saturated carbocycles. The minimum Gasteiger partial charge on any atom is -0.465 e. The maximum atomic E-state index is 11.9. The molecule has 1 aliphatic carbocycles. The number of nitriles is 1. The van der Waals surface area contributed by atoms with Gasteiger partial charge in [-0.15, -0.1) is 23.1 Å². The zero-order valence-electron chi connectivity index (χ0n) is 11.7. The SMILES string of the molecule is CCOC(=O)CSCC(=O)Nc1sc2c(c1C#N)CCC2. The van der Waals surface area contributed by atoms with Crippen LogP contribution in [0.25, 0.3) is 0 Å². The van der Waals surface area contributed by atoms with Gasteiger partial charge in [0.2, 0.25) is 5.91 Å². The molecular weight excluding hydrogens is 308 g/mol. The van der Waals surface area contributed by atoms with E-state index in [0.717, 1.165) is 24.8 Å². The second-order valence-electron chi connectivity index (χ2n) is 4.52. The first kappa shape index (κ1) is 15.9. The Bertz CT molecular complexity index is 590. The van der Waals surface area contributed by atoms with Gasteiger partial charge in [0, 0.05) is 4.88 Å². The number of nitrogens with zero attached hydrogens (tertiary/aromatic N) is 1. The Kier molecular flexibility index (Phi) is 5.65. The maximum absolute atomic E-state index is 11.9. The molecule has 0 unspecified atom stereocenters. The van der Waals surface area contributed by atoms with Gasteiger partial charge in [0.15, 0.2) is 0 Å². The quantitative estimate of drug-likeness (QED) is 0.813. The average molecular weight is 324 g/mol. The van der Waals surface area contributed by atoms with Crippen LogP contribution in [0, 0.1) is 11.3 Å². The fourth-order valence-electron chi connectivity index (χ4n) is 2.20. The minimum atomic E-state index is -0.317. The summed E-state index contributed by atoms with van der Waals surface area (Å²) in [6, 6.07) is 2.19.